The van der Waals surface area contributed by atoms with Crippen molar-refractivity contribution in [3.63, 3.8) is 0 Å². The van der Waals surface area contributed by atoms with Crippen LogP contribution < -0.4 is 0 Å². The first-order valence-corrected chi connectivity index (χ1v) is 42.0. The van der Waals surface area contributed by atoms with Gasteiger partial charge >= 0.3 is 0 Å². The summed E-state index contributed by atoms with van der Waals surface area (Å²) in [4.78, 5) is 20.5. The first kappa shape index (κ1) is 77.1. The molecular formula is C115H102N6O2Pt2-2. The van der Waals surface area contributed by atoms with Gasteiger partial charge in [0.2, 0.25) is 0 Å². The topological polar surface area (TPSA) is 102 Å². The molecule has 0 bridgehead atoms. The quantitative estimate of drug-likeness (QED) is 0.0830. The number of pyridine rings is 2. The molecule has 18 aromatic rings. The van der Waals surface area contributed by atoms with Gasteiger partial charge in [0.1, 0.15) is 23.1 Å². The van der Waals surface area contributed by atoms with Crippen molar-refractivity contribution in [1.82, 2.24) is 29.1 Å². The van der Waals surface area contributed by atoms with Crippen molar-refractivity contribution in [2.75, 3.05) is 0 Å². The van der Waals surface area contributed by atoms with Gasteiger partial charge in [0.25, 0.3) is 0 Å². The van der Waals surface area contributed by atoms with E-state index in [0.29, 0.717) is 67.3 Å². The number of phenols is 2. The average molecular weight is 2000 g/mol. The fraction of sp³-hybridized carbons (Fsp3) is 0.165. The molecule has 0 saturated carbocycles. The molecule has 0 aliphatic carbocycles. The Hall–Kier alpha value is -12.7. The van der Waals surface area contributed by atoms with E-state index < -0.39 is 25.5 Å². The zero-order valence-electron chi connectivity index (χ0n) is 80.3. The molecule has 0 spiro atoms. The van der Waals surface area contributed by atoms with Crippen LogP contribution in [0.4, 0.5) is 0 Å². The third-order valence-corrected chi connectivity index (χ3v) is 23.4. The van der Waals surface area contributed by atoms with E-state index in [1.165, 1.54) is 5.56 Å². The molecule has 14 aromatic carbocycles. The third kappa shape index (κ3) is 18.1. The molecule has 2 N–H and O–H groups in total. The molecule has 4 heterocycles. The van der Waals surface area contributed by atoms with Crippen molar-refractivity contribution < 1.29 is 63.3 Å². The van der Waals surface area contributed by atoms with Crippen molar-refractivity contribution in [2.24, 2.45) is 0 Å². The number of rotatable bonds is 18. The van der Waals surface area contributed by atoms with Gasteiger partial charge in [-0.1, -0.05) is 307 Å². The van der Waals surface area contributed by atoms with Crippen molar-refractivity contribution in [3.8, 4) is 157 Å². The average Bonchev–Trinajstić information content (AvgIpc) is 1.58. The first-order valence-electron chi connectivity index (χ1n) is 46.0. The number of hydrogen-bond acceptors (Lipinski definition) is 6. The van der Waals surface area contributed by atoms with Gasteiger partial charge in [0.05, 0.1) is 44.6 Å². The van der Waals surface area contributed by atoms with Crippen LogP contribution in [0.15, 0.2) is 310 Å². The molecule has 8 nitrogen and oxygen atoms in total. The molecule has 18 rings (SSSR count). The molecule has 125 heavy (non-hydrogen) atoms. The summed E-state index contributed by atoms with van der Waals surface area (Å²) in [6.45, 7) is 20.6. The number of aromatic hydroxyl groups is 2. The molecule has 626 valence electrons. The van der Waals surface area contributed by atoms with Gasteiger partial charge in [-0.15, -0.1) is 47.5 Å². The van der Waals surface area contributed by atoms with Crippen LogP contribution >= 0.6 is 0 Å². The van der Waals surface area contributed by atoms with Gasteiger partial charge in [0, 0.05) is 76.9 Å². The van der Waals surface area contributed by atoms with Gasteiger partial charge in [0.15, 0.2) is 0 Å². The smallest absolute Gasteiger partial charge is 0.148 e. The van der Waals surface area contributed by atoms with Gasteiger partial charge in [-0.3, -0.25) is 19.1 Å². The van der Waals surface area contributed by atoms with Crippen LogP contribution in [0.25, 0.3) is 168 Å². The summed E-state index contributed by atoms with van der Waals surface area (Å²) >= 11 is 0. The molecule has 0 radical (unpaired) electrons. The number of fused-ring (bicyclic) bond motifs is 2. The molecule has 0 atom stereocenters. The fourth-order valence-electron chi connectivity index (χ4n) is 16.6. The summed E-state index contributed by atoms with van der Waals surface area (Å²) < 4.78 is 75.5. The van der Waals surface area contributed by atoms with Crippen molar-refractivity contribution in [2.45, 2.75) is 127 Å². The molecule has 0 unspecified atom stereocenters. The van der Waals surface area contributed by atoms with Crippen molar-refractivity contribution in [1.29, 1.82) is 0 Å². The van der Waals surface area contributed by atoms with E-state index in [0.717, 1.165) is 145 Å². The summed E-state index contributed by atoms with van der Waals surface area (Å²) in [5.74, 6) is -0.350. The molecule has 4 aromatic heterocycles. The van der Waals surface area contributed by atoms with Gasteiger partial charge in [-0.05, 0) is 244 Å². The third-order valence-electron chi connectivity index (χ3n) is 23.4. The van der Waals surface area contributed by atoms with Gasteiger partial charge < -0.3 is 10.2 Å². The minimum Gasteiger partial charge on any atom is -0.507 e. The van der Waals surface area contributed by atoms with Crippen LogP contribution in [0.1, 0.15) is 151 Å². The Labute approximate surface area is 776 Å². The van der Waals surface area contributed by atoms with E-state index in [4.69, 9.17) is 30.9 Å². The Bertz CT molecular complexity index is 7420. The maximum atomic E-state index is 11.8. The molecule has 0 aliphatic heterocycles. The van der Waals surface area contributed by atoms with Gasteiger partial charge in [-0.25, -0.2) is 9.97 Å². The van der Waals surface area contributed by atoms with Crippen LogP contribution in [0.3, 0.4) is 0 Å². The Morgan fingerprint density at radius 3 is 1.04 bits per heavy atom. The molecule has 0 saturated heterocycles. The second-order valence-electron chi connectivity index (χ2n) is 33.5. The predicted molar refractivity (Wildman–Crippen MR) is 513 cm³/mol. The van der Waals surface area contributed by atoms with Gasteiger partial charge in [-0.2, -0.15) is 0 Å². The Balaban J connectivity index is 0.000000200. The summed E-state index contributed by atoms with van der Waals surface area (Å²) in [6.07, 6.45) is 3.66. The first-order chi connectivity index (χ1) is 62.4. The normalized spacial score (nSPS) is 12.7. The summed E-state index contributed by atoms with van der Waals surface area (Å²) in [5, 5.41) is 23.6. The van der Waals surface area contributed by atoms with Crippen LogP contribution in [0.2, 0.25) is 0 Å². The number of imidazole rings is 2. The number of hydrogen-bond donors (Lipinski definition) is 2. The van der Waals surface area contributed by atoms with Crippen LogP contribution in [0.5, 0.6) is 11.5 Å². The van der Waals surface area contributed by atoms with E-state index in [9.17, 15) is 10.2 Å². The number of para-hydroxylation sites is 2. The largest absolute Gasteiger partial charge is 0.507 e. The van der Waals surface area contributed by atoms with Crippen LogP contribution in [-0.4, -0.2) is 39.3 Å². The van der Waals surface area contributed by atoms with E-state index in [1.54, 1.807) is 12.1 Å². The summed E-state index contributed by atoms with van der Waals surface area (Å²) in [6, 6.07) is 106. The molecule has 0 aliphatic rings. The maximum absolute atomic E-state index is 11.8. The Morgan fingerprint density at radius 1 is 0.304 bits per heavy atom. The van der Waals surface area contributed by atoms with Crippen LogP contribution in [0, 0.1) is 60.5 Å². The van der Waals surface area contributed by atoms with Crippen molar-refractivity contribution >= 4 is 22.1 Å². The zero-order chi connectivity index (χ0) is 92.4. The maximum Gasteiger partial charge on any atom is 0.148 e. The predicted octanol–water partition coefficient (Wildman–Crippen LogP) is 30.5. The van der Waals surface area contributed by atoms with E-state index in [2.05, 4.69) is 168 Å². The second kappa shape index (κ2) is 37.0. The second-order valence-corrected chi connectivity index (χ2v) is 33.5. The minimum atomic E-state index is -2.54. The number of phenolic OH excluding ortho intramolecular Hbond substituents is 2. The monoisotopic (exact) mass is 2000 g/mol. The molecular weight excluding hydrogens is 1890 g/mol. The minimum absolute atomic E-state index is 0. The molecule has 10 heteroatoms. The molecule has 0 amide bonds. The summed E-state index contributed by atoms with van der Waals surface area (Å²) in [7, 11) is 0. The van der Waals surface area contributed by atoms with Crippen molar-refractivity contribution in [3.05, 3.63) is 383 Å². The zero-order valence-corrected chi connectivity index (χ0v) is 76.9. The molecule has 0 fully saturated rings. The standard InChI is InChI=1S/C58H52N3O.C57H50N3O.2Pt/c1-35(2)45-28-46(36(3)4)30-48(29-45)43-21-22-54(39(7)27-43)61-55-16-12-15-51(56(55)60-58(61)52-26-38(6)25-40(8)57(52)62)49-31-47(41-13-10-9-11-14-41)32-50(33-49)53-34-44(23-24-59-53)42-19-17-37(5)18-20-42;1-35(2)44-28-45(36(3)4)30-47(29-44)42-21-22-53(38(6)27-42)60-54-20-14-19-50(55(54)59-57(60)51-26-37(5)25-39(7)56(51)61)48-31-46(41-17-12-9-13-18-41)32-49(33-48)52-34-43(23-24-58-52)40-15-10-8-11-16-40;;/h9-32,34-36,62H,1-8H3;8-32,34-36,61H,1-7H3;;/q2*-1;;/i7D3,35D;6D3,35D;;. The summed E-state index contributed by atoms with van der Waals surface area (Å²) in [5.41, 5.74) is 30.7. The Kier molecular flexibility index (Phi) is 22.8. The van der Waals surface area contributed by atoms with E-state index in [-0.39, 0.29) is 76.6 Å². The number of aryl methyl sites for hydroxylation is 7. The Morgan fingerprint density at radius 2 is 0.656 bits per heavy atom. The van der Waals surface area contributed by atoms with E-state index in [1.807, 2.05) is 241 Å². The van der Waals surface area contributed by atoms with E-state index >= 15 is 0 Å². The number of nitrogens with zero attached hydrogens (tertiary/aromatic N) is 6. The van der Waals surface area contributed by atoms with Crippen LogP contribution in [-0.2, 0) is 42.1 Å². The number of aromatic nitrogens is 6. The fourth-order valence-corrected chi connectivity index (χ4v) is 16.6. The number of benzene rings is 14. The SMILES string of the molecule is [2H]C([2H])([2H])c1cc(-c2cc(C(C)C)cc(C([2H])(C)C)c2)ccc1-n1c(-c2cc(C)cc(C)c2O)nc2c(-c3[c-]c(-c4cc(-c5ccc(C)cc5)ccn4)cc(-c4ccccc4)c3)cccc21.[2H]C([2H])([2H])c1cc(-c2cc(C(C)C)cc(C([2H])(C)C)c2)ccc1-n1c(-c2cc(C)cc(C)c2O)nc2c(-c3[c-]c(-c4cc(-c5ccccc5)ccn4)cc(-c4ccccc4)c3)cccc21.[Pt].[Pt].